The summed E-state index contributed by atoms with van der Waals surface area (Å²) in [4.78, 5) is 29.3. The van der Waals surface area contributed by atoms with E-state index in [2.05, 4.69) is 35.5 Å². The summed E-state index contributed by atoms with van der Waals surface area (Å²) >= 11 is 0. The number of anilines is 1. The Kier molecular flexibility index (Phi) is 4.32. The molecule has 0 unspecified atom stereocenters. The van der Waals surface area contributed by atoms with E-state index in [0.717, 1.165) is 5.56 Å². The Labute approximate surface area is 153 Å². The number of carbonyl (C=O) groups excluding carboxylic acids is 1. The van der Waals surface area contributed by atoms with Gasteiger partial charge in [0.05, 0.1) is 17.5 Å². The topological polar surface area (TPSA) is 120 Å². The van der Waals surface area contributed by atoms with Gasteiger partial charge in [-0.2, -0.15) is 0 Å². The van der Waals surface area contributed by atoms with Gasteiger partial charge in [0.15, 0.2) is 0 Å². The van der Waals surface area contributed by atoms with Crippen molar-refractivity contribution in [2.75, 3.05) is 5.32 Å². The molecule has 9 nitrogen and oxygen atoms in total. The zero-order valence-corrected chi connectivity index (χ0v) is 14.2. The number of hydrogen-bond acceptors (Lipinski definition) is 8. The van der Waals surface area contributed by atoms with E-state index in [4.69, 9.17) is 4.42 Å². The molecule has 4 aromatic rings. The van der Waals surface area contributed by atoms with Gasteiger partial charge in [0.25, 0.3) is 11.8 Å². The summed E-state index contributed by atoms with van der Waals surface area (Å²) in [6.45, 7) is 1.76. The van der Waals surface area contributed by atoms with E-state index in [0.29, 0.717) is 22.8 Å². The third-order valence-electron chi connectivity index (χ3n) is 3.63. The smallest absolute Gasteiger partial charge is 0.322 e. The molecule has 3 heterocycles. The fourth-order valence-electron chi connectivity index (χ4n) is 2.40. The van der Waals surface area contributed by atoms with Crippen molar-refractivity contribution in [3.63, 3.8) is 0 Å². The van der Waals surface area contributed by atoms with E-state index in [1.807, 2.05) is 30.3 Å². The van der Waals surface area contributed by atoms with Crippen LogP contribution in [0.5, 0.6) is 0 Å². The summed E-state index contributed by atoms with van der Waals surface area (Å²) in [7, 11) is 0. The molecule has 0 atom stereocenters. The second-order valence-corrected chi connectivity index (χ2v) is 5.50. The van der Waals surface area contributed by atoms with E-state index < -0.39 is 5.91 Å². The summed E-state index contributed by atoms with van der Waals surface area (Å²) < 4.78 is 5.43. The summed E-state index contributed by atoms with van der Waals surface area (Å²) in [5, 5.41) is 10.3. The Hall–Kier alpha value is -4.01. The molecule has 0 spiro atoms. The molecule has 0 saturated heterocycles. The van der Waals surface area contributed by atoms with Gasteiger partial charge in [0.2, 0.25) is 0 Å². The van der Waals surface area contributed by atoms with Gasteiger partial charge < -0.3 is 4.42 Å². The third-order valence-corrected chi connectivity index (χ3v) is 3.63. The highest BCUT2D eigenvalue weighted by atomic mass is 16.4. The number of aromatic nitrogens is 6. The fourth-order valence-corrected chi connectivity index (χ4v) is 2.40. The first kappa shape index (κ1) is 16.5. The predicted octanol–water partition coefficient (Wildman–Crippen LogP) is 2.54. The van der Waals surface area contributed by atoms with Gasteiger partial charge in [-0.3, -0.25) is 15.1 Å². The third kappa shape index (κ3) is 3.52. The Morgan fingerprint density at radius 3 is 2.67 bits per heavy atom. The Morgan fingerprint density at radius 2 is 1.89 bits per heavy atom. The average molecular weight is 359 g/mol. The molecular formula is C18H13N7O2. The van der Waals surface area contributed by atoms with Crippen LogP contribution in [0.3, 0.4) is 0 Å². The number of nitrogens with zero attached hydrogens (tertiary/aromatic N) is 6. The van der Waals surface area contributed by atoms with Crippen molar-refractivity contribution in [3.8, 4) is 22.8 Å². The molecule has 0 aliphatic heterocycles. The van der Waals surface area contributed by atoms with Crippen LogP contribution in [0, 0.1) is 6.92 Å². The molecule has 27 heavy (non-hydrogen) atoms. The van der Waals surface area contributed by atoms with Crippen LogP contribution in [0.15, 0.2) is 59.5 Å². The van der Waals surface area contributed by atoms with Crippen molar-refractivity contribution < 1.29 is 9.21 Å². The van der Waals surface area contributed by atoms with Crippen LogP contribution in [-0.4, -0.2) is 36.0 Å². The number of rotatable bonds is 4. The van der Waals surface area contributed by atoms with Crippen molar-refractivity contribution in [1.82, 2.24) is 30.1 Å². The van der Waals surface area contributed by atoms with Gasteiger partial charge in [-0.15, -0.1) is 5.10 Å². The van der Waals surface area contributed by atoms with Gasteiger partial charge in [-0.25, -0.2) is 15.0 Å². The first-order valence-corrected chi connectivity index (χ1v) is 8.01. The molecule has 1 aromatic carbocycles. The zero-order chi connectivity index (χ0) is 18.6. The van der Waals surface area contributed by atoms with Crippen molar-refractivity contribution in [1.29, 1.82) is 0 Å². The second-order valence-electron chi connectivity index (χ2n) is 5.50. The number of aryl methyl sites for hydroxylation is 1. The average Bonchev–Trinajstić information content (AvgIpc) is 3.17. The molecule has 1 N–H and O–H groups in total. The van der Waals surface area contributed by atoms with Crippen LogP contribution < -0.4 is 5.32 Å². The monoisotopic (exact) mass is 359 g/mol. The zero-order valence-electron chi connectivity index (χ0n) is 14.2. The molecule has 0 saturated carbocycles. The molecule has 132 valence electrons. The number of carbonyl (C=O) groups is 1. The SMILES string of the molecule is Cc1ncc(C(=O)Nc2nnc(-c3cnccn3)o2)c(-c2ccccc2)n1. The van der Waals surface area contributed by atoms with E-state index in [1.54, 1.807) is 6.92 Å². The lowest BCUT2D eigenvalue weighted by atomic mass is 10.1. The Morgan fingerprint density at radius 1 is 1.04 bits per heavy atom. The Bertz CT molecular complexity index is 1080. The normalized spacial score (nSPS) is 10.6. The summed E-state index contributed by atoms with van der Waals surface area (Å²) in [5.74, 6) is 0.262. The maximum absolute atomic E-state index is 12.7. The van der Waals surface area contributed by atoms with Crippen molar-refractivity contribution in [2.45, 2.75) is 6.92 Å². The minimum Gasteiger partial charge on any atom is -0.401 e. The number of hydrogen-bond donors (Lipinski definition) is 1. The summed E-state index contributed by atoms with van der Waals surface area (Å²) in [5.41, 5.74) is 2.04. The van der Waals surface area contributed by atoms with Gasteiger partial charge in [-0.1, -0.05) is 35.4 Å². The lowest BCUT2D eigenvalue weighted by Crippen LogP contribution is -2.15. The van der Waals surface area contributed by atoms with Gasteiger partial charge in [0, 0.05) is 24.2 Å². The van der Waals surface area contributed by atoms with Crippen molar-refractivity contribution in [2.24, 2.45) is 0 Å². The highest BCUT2D eigenvalue weighted by molar-refractivity contribution is 6.06. The molecule has 3 aromatic heterocycles. The van der Waals surface area contributed by atoms with E-state index >= 15 is 0 Å². The van der Waals surface area contributed by atoms with Crippen LogP contribution in [0.1, 0.15) is 16.2 Å². The second kappa shape index (κ2) is 7.08. The maximum atomic E-state index is 12.7. The van der Waals surface area contributed by atoms with Crippen LogP contribution >= 0.6 is 0 Å². The van der Waals surface area contributed by atoms with Crippen LogP contribution in [-0.2, 0) is 0 Å². The molecule has 0 aliphatic carbocycles. The summed E-state index contributed by atoms with van der Waals surface area (Å²) in [6, 6.07) is 9.33. The van der Waals surface area contributed by atoms with Gasteiger partial charge in [0.1, 0.15) is 11.5 Å². The first-order chi connectivity index (χ1) is 13.2. The van der Waals surface area contributed by atoms with Crippen LogP contribution in [0.4, 0.5) is 6.01 Å². The minimum absolute atomic E-state index is 0.0553. The van der Waals surface area contributed by atoms with Crippen molar-refractivity contribution in [3.05, 3.63) is 66.5 Å². The fraction of sp³-hybridized carbons (Fsp3) is 0.0556. The molecule has 4 rings (SSSR count). The first-order valence-electron chi connectivity index (χ1n) is 8.01. The molecule has 0 bridgehead atoms. The standard InChI is InChI=1S/C18H13N7O2/c1-11-21-9-13(15(22-11)12-5-3-2-4-6-12)16(26)23-18-25-24-17(27-18)14-10-19-7-8-20-14/h2-10H,1H3,(H,23,25,26). The quantitative estimate of drug-likeness (QED) is 0.590. The number of amides is 1. The molecule has 9 heteroatoms. The van der Waals surface area contributed by atoms with Crippen molar-refractivity contribution >= 4 is 11.9 Å². The predicted molar refractivity (Wildman–Crippen MR) is 95.5 cm³/mol. The Balaban J connectivity index is 1.62. The molecular weight excluding hydrogens is 346 g/mol. The lowest BCUT2D eigenvalue weighted by Gasteiger charge is -2.08. The van der Waals surface area contributed by atoms with Gasteiger partial charge in [-0.05, 0) is 6.92 Å². The van der Waals surface area contributed by atoms with Crippen LogP contribution in [0.2, 0.25) is 0 Å². The molecule has 0 aliphatic rings. The molecule has 0 radical (unpaired) electrons. The minimum atomic E-state index is -0.455. The number of benzene rings is 1. The highest BCUT2D eigenvalue weighted by Crippen LogP contribution is 2.22. The largest absolute Gasteiger partial charge is 0.401 e. The lowest BCUT2D eigenvalue weighted by molar-refractivity contribution is 0.102. The number of nitrogens with one attached hydrogen (secondary N) is 1. The molecule has 1 amide bonds. The molecule has 0 fully saturated rings. The van der Waals surface area contributed by atoms with Crippen LogP contribution in [0.25, 0.3) is 22.8 Å². The summed E-state index contributed by atoms with van der Waals surface area (Å²) in [6.07, 6.45) is 6.00. The van der Waals surface area contributed by atoms with E-state index in [9.17, 15) is 4.79 Å². The maximum Gasteiger partial charge on any atom is 0.322 e. The van der Waals surface area contributed by atoms with Gasteiger partial charge >= 0.3 is 6.01 Å². The highest BCUT2D eigenvalue weighted by Gasteiger charge is 2.18. The van der Waals surface area contributed by atoms with E-state index in [-0.39, 0.29) is 11.9 Å². The van der Waals surface area contributed by atoms with E-state index in [1.165, 1.54) is 24.8 Å².